The highest BCUT2D eigenvalue weighted by Crippen LogP contribution is 2.11. The van der Waals surface area contributed by atoms with E-state index < -0.39 is 29.2 Å². The lowest BCUT2D eigenvalue weighted by atomic mass is 10.2. The summed E-state index contributed by atoms with van der Waals surface area (Å²) in [6.07, 6.45) is 0.135. The molecule has 0 aliphatic heterocycles. The van der Waals surface area contributed by atoms with Gasteiger partial charge in [-0.25, -0.2) is 9.78 Å². The van der Waals surface area contributed by atoms with Crippen molar-refractivity contribution < 1.29 is 14.3 Å². The highest BCUT2D eigenvalue weighted by Gasteiger charge is 2.21. The summed E-state index contributed by atoms with van der Waals surface area (Å²) in [7, 11) is 2.79. The molecule has 2 aromatic heterocycles. The second-order valence-corrected chi connectivity index (χ2v) is 6.56. The topological polar surface area (TPSA) is 141 Å². The summed E-state index contributed by atoms with van der Waals surface area (Å²) in [6.45, 7) is 1.03. The van der Waals surface area contributed by atoms with E-state index in [1.807, 2.05) is 6.07 Å². The molecule has 1 atom stereocenters. The Morgan fingerprint density at radius 3 is 2.70 bits per heavy atom. The molecule has 0 aliphatic rings. The van der Waals surface area contributed by atoms with Crippen LogP contribution in [0.4, 0.5) is 5.69 Å². The number of imidazole rings is 1. The standard InChI is InChI=1S/C19H18N6O5/c1-11(17(27)22-13-6-4-5-12(7-13)8-20)30-14(26)9-25-10-21-16-15(25)18(28)24(3)19(29)23(16)2/h4-7,10-11H,9H2,1-3H3,(H,22,27). The van der Waals surface area contributed by atoms with Gasteiger partial charge in [0, 0.05) is 19.8 Å². The van der Waals surface area contributed by atoms with Gasteiger partial charge in [-0.15, -0.1) is 0 Å². The number of aryl methyl sites for hydroxylation is 1. The number of aromatic nitrogens is 4. The largest absolute Gasteiger partial charge is 0.451 e. The quantitative estimate of drug-likeness (QED) is 0.578. The summed E-state index contributed by atoms with van der Waals surface area (Å²) in [6, 6.07) is 8.26. The van der Waals surface area contributed by atoms with Crippen molar-refractivity contribution in [3.8, 4) is 6.07 Å². The smallest absolute Gasteiger partial charge is 0.332 e. The number of ether oxygens (including phenoxy) is 1. The molecule has 3 aromatic rings. The molecule has 1 aromatic carbocycles. The number of hydrogen-bond acceptors (Lipinski definition) is 7. The number of amides is 1. The zero-order valence-corrected chi connectivity index (χ0v) is 16.4. The minimum absolute atomic E-state index is 0.0713. The first-order chi connectivity index (χ1) is 14.2. The monoisotopic (exact) mass is 410 g/mol. The molecule has 0 saturated carbocycles. The van der Waals surface area contributed by atoms with Gasteiger partial charge in [0.05, 0.1) is 18.0 Å². The van der Waals surface area contributed by atoms with E-state index in [4.69, 9.17) is 10.00 Å². The number of nitrogens with one attached hydrogen (secondary N) is 1. The van der Waals surface area contributed by atoms with Crippen molar-refractivity contribution in [2.24, 2.45) is 14.1 Å². The van der Waals surface area contributed by atoms with Gasteiger partial charge in [0.25, 0.3) is 11.5 Å². The van der Waals surface area contributed by atoms with Crippen molar-refractivity contribution in [2.45, 2.75) is 19.6 Å². The maximum absolute atomic E-state index is 12.4. The Hall–Kier alpha value is -4.20. The third kappa shape index (κ3) is 3.83. The number of nitriles is 1. The summed E-state index contributed by atoms with van der Waals surface area (Å²) in [5.41, 5.74) is -0.152. The first kappa shape index (κ1) is 20.5. The molecule has 1 unspecified atom stereocenters. The number of carbonyl (C=O) groups is 2. The summed E-state index contributed by atoms with van der Waals surface area (Å²) >= 11 is 0. The van der Waals surface area contributed by atoms with E-state index in [0.717, 1.165) is 4.57 Å². The van der Waals surface area contributed by atoms with Crippen LogP contribution in [0.15, 0.2) is 40.2 Å². The zero-order chi connectivity index (χ0) is 22.0. The summed E-state index contributed by atoms with van der Waals surface area (Å²) < 4.78 is 8.52. The Balaban J connectivity index is 1.72. The van der Waals surface area contributed by atoms with Gasteiger partial charge in [-0.05, 0) is 25.1 Å². The molecule has 154 valence electrons. The second-order valence-electron chi connectivity index (χ2n) is 6.56. The lowest BCUT2D eigenvalue weighted by Gasteiger charge is -2.14. The van der Waals surface area contributed by atoms with Crippen LogP contribution in [0.3, 0.4) is 0 Å². The predicted molar refractivity (Wildman–Crippen MR) is 106 cm³/mol. The molecule has 0 fully saturated rings. The van der Waals surface area contributed by atoms with Crippen molar-refractivity contribution >= 4 is 28.7 Å². The number of fused-ring (bicyclic) bond motifs is 1. The van der Waals surface area contributed by atoms with Crippen LogP contribution in [0.2, 0.25) is 0 Å². The van der Waals surface area contributed by atoms with Gasteiger partial charge in [0.15, 0.2) is 17.3 Å². The normalized spacial score (nSPS) is 11.7. The summed E-state index contributed by atoms with van der Waals surface area (Å²) in [5, 5.41) is 11.5. The molecule has 11 nitrogen and oxygen atoms in total. The van der Waals surface area contributed by atoms with Crippen LogP contribution >= 0.6 is 0 Å². The first-order valence-corrected chi connectivity index (χ1v) is 8.84. The van der Waals surface area contributed by atoms with Crippen LogP contribution in [0.25, 0.3) is 11.2 Å². The highest BCUT2D eigenvalue weighted by atomic mass is 16.5. The third-order valence-corrected chi connectivity index (χ3v) is 4.45. The Morgan fingerprint density at radius 1 is 1.27 bits per heavy atom. The van der Waals surface area contributed by atoms with Crippen LogP contribution in [0, 0.1) is 11.3 Å². The SMILES string of the molecule is CC(OC(=O)Cn1cnc2c1c(=O)n(C)c(=O)n2C)C(=O)Nc1cccc(C#N)c1. The average molecular weight is 410 g/mol. The van der Waals surface area contributed by atoms with Crippen molar-refractivity contribution in [1.82, 2.24) is 18.7 Å². The van der Waals surface area contributed by atoms with Gasteiger partial charge in [-0.1, -0.05) is 6.07 Å². The molecule has 2 heterocycles. The average Bonchev–Trinajstić information content (AvgIpc) is 3.14. The molecule has 0 bridgehead atoms. The van der Waals surface area contributed by atoms with Crippen LogP contribution in [0.5, 0.6) is 0 Å². The van der Waals surface area contributed by atoms with Gasteiger partial charge < -0.3 is 14.6 Å². The molecule has 0 aliphatic carbocycles. The lowest BCUT2D eigenvalue weighted by Crippen LogP contribution is -2.38. The van der Waals surface area contributed by atoms with Gasteiger partial charge in [-0.3, -0.25) is 23.5 Å². The number of esters is 1. The van der Waals surface area contributed by atoms with Crippen LogP contribution in [-0.4, -0.2) is 36.7 Å². The molecule has 3 rings (SSSR count). The molecule has 0 saturated heterocycles. The Labute approximate surface area is 169 Å². The van der Waals surface area contributed by atoms with Gasteiger partial charge in [0.2, 0.25) is 0 Å². The number of rotatable bonds is 5. The minimum atomic E-state index is -1.12. The molecule has 0 radical (unpaired) electrons. The maximum atomic E-state index is 12.4. The second kappa shape index (κ2) is 8.04. The van der Waals surface area contributed by atoms with Gasteiger partial charge in [0.1, 0.15) is 6.54 Å². The van der Waals surface area contributed by atoms with Crippen molar-refractivity contribution in [1.29, 1.82) is 5.26 Å². The number of carbonyl (C=O) groups excluding carboxylic acids is 2. The number of nitrogens with zero attached hydrogens (tertiary/aromatic N) is 5. The molecular weight excluding hydrogens is 392 g/mol. The minimum Gasteiger partial charge on any atom is -0.451 e. The molecule has 1 amide bonds. The van der Waals surface area contributed by atoms with E-state index >= 15 is 0 Å². The fourth-order valence-corrected chi connectivity index (χ4v) is 2.85. The number of anilines is 1. The summed E-state index contributed by atoms with van der Waals surface area (Å²) in [4.78, 5) is 52.9. The van der Waals surface area contributed by atoms with E-state index in [1.165, 1.54) is 42.5 Å². The van der Waals surface area contributed by atoms with E-state index in [-0.39, 0.29) is 17.7 Å². The lowest BCUT2D eigenvalue weighted by molar-refractivity contribution is -0.153. The predicted octanol–water partition coefficient (Wildman–Crippen LogP) is -0.124. The van der Waals surface area contributed by atoms with Crippen molar-refractivity contribution in [2.75, 3.05) is 5.32 Å². The van der Waals surface area contributed by atoms with Gasteiger partial charge in [-0.2, -0.15) is 5.26 Å². The zero-order valence-electron chi connectivity index (χ0n) is 16.4. The Kier molecular flexibility index (Phi) is 5.50. The Morgan fingerprint density at radius 2 is 2.00 bits per heavy atom. The van der Waals surface area contributed by atoms with Crippen LogP contribution in [0.1, 0.15) is 12.5 Å². The third-order valence-electron chi connectivity index (χ3n) is 4.45. The van der Waals surface area contributed by atoms with Crippen molar-refractivity contribution in [3.05, 3.63) is 57.0 Å². The number of benzene rings is 1. The molecule has 1 N–H and O–H groups in total. The van der Waals surface area contributed by atoms with E-state index in [0.29, 0.717) is 11.3 Å². The molecule has 11 heteroatoms. The molecule has 0 spiro atoms. The highest BCUT2D eigenvalue weighted by molar-refractivity contribution is 5.95. The van der Waals surface area contributed by atoms with Crippen LogP contribution in [-0.2, 0) is 35.0 Å². The molecular formula is C19H18N6O5. The maximum Gasteiger partial charge on any atom is 0.332 e. The first-order valence-electron chi connectivity index (χ1n) is 8.84. The van der Waals surface area contributed by atoms with Crippen LogP contribution < -0.4 is 16.6 Å². The van der Waals surface area contributed by atoms with Gasteiger partial charge >= 0.3 is 11.7 Å². The molecule has 30 heavy (non-hydrogen) atoms. The van der Waals surface area contributed by atoms with E-state index in [2.05, 4.69) is 10.3 Å². The Bertz CT molecular complexity index is 1310. The van der Waals surface area contributed by atoms with E-state index in [1.54, 1.807) is 18.2 Å². The summed E-state index contributed by atoms with van der Waals surface area (Å²) in [5.74, 6) is -1.34. The van der Waals surface area contributed by atoms with E-state index in [9.17, 15) is 19.2 Å². The fraction of sp³-hybridized carbons (Fsp3) is 0.263. The van der Waals surface area contributed by atoms with Crippen molar-refractivity contribution in [3.63, 3.8) is 0 Å². The number of hydrogen-bond donors (Lipinski definition) is 1. The fourth-order valence-electron chi connectivity index (χ4n) is 2.85.